The fraction of sp³-hybridized carbons (Fsp3) is 0.548. The first-order valence-electron chi connectivity index (χ1n) is 13.9. The maximum Gasteiger partial charge on any atom is 0.105 e. The molecule has 0 amide bonds. The molecule has 2 aliphatic rings. The highest BCUT2D eigenvalue weighted by Crippen LogP contribution is 2.30. The smallest absolute Gasteiger partial charge is 0.105 e. The molecule has 0 spiro atoms. The van der Waals surface area contributed by atoms with Gasteiger partial charge in [-0.25, -0.2) is 9.98 Å². The molecule has 4 N–H and O–H groups in total. The van der Waals surface area contributed by atoms with E-state index in [1.165, 1.54) is 5.56 Å². The van der Waals surface area contributed by atoms with Crippen molar-refractivity contribution in [1.82, 2.24) is 4.90 Å². The molecule has 4 rings (SSSR count). The molecule has 2 heterocycles. The third-order valence-electron chi connectivity index (χ3n) is 6.74. The van der Waals surface area contributed by atoms with Crippen LogP contribution in [0.1, 0.15) is 47.1 Å². The van der Waals surface area contributed by atoms with Crippen molar-refractivity contribution in [1.29, 1.82) is 0 Å². The van der Waals surface area contributed by atoms with Gasteiger partial charge >= 0.3 is 0 Å². The Morgan fingerprint density at radius 1 is 0.692 bits per heavy atom. The molecule has 2 fully saturated rings. The van der Waals surface area contributed by atoms with Crippen LogP contribution in [-0.4, -0.2) is 69.2 Å². The Hall–Kier alpha value is -2.94. The van der Waals surface area contributed by atoms with Crippen LogP contribution in [0.25, 0.3) is 0 Å². The Bertz CT molecular complexity index is 1100. The molecular formula is C31H48N6O2. The molecule has 0 radical (unpaired) electrons. The van der Waals surface area contributed by atoms with Gasteiger partial charge in [-0.05, 0) is 23.8 Å². The predicted octanol–water partition coefficient (Wildman–Crippen LogP) is 5.11. The molecule has 0 atom stereocenters. The lowest BCUT2D eigenvalue weighted by Crippen LogP contribution is -2.36. The highest BCUT2D eigenvalue weighted by molar-refractivity contribution is 5.89. The topological polar surface area (TPSA) is 102 Å². The molecule has 2 saturated heterocycles. The number of amidine groups is 2. The predicted molar refractivity (Wildman–Crippen MR) is 163 cm³/mol. The van der Waals surface area contributed by atoms with Crippen LogP contribution in [0.4, 0.5) is 17.1 Å². The lowest BCUT2D eigenvalue weighted by molar-refractivity contribution is 0.0342. The maximum absolute atomic E-state index is 6.10. The van der Waals surface area contributed by atoms with Crippen molar-refractivity contribution in [2.45, 2.75) is 48.1 Å². The number of para-hydroxylation sites is 3. The summed E-state index contributed by atoms with van der Waals surface area (Å²) in [6, 6.07) is 16.4. The molecule has 2 aromatic rings. The van der Waals surface area contributed by atoms with Crippen molar-refractivity contribution >= 4 is 28.7 Å². The van der Waals surface area contributed by atoms with E-state index in [4.69, 9.17) is 20.9 Å². The van der Waals surface area contributed by atoms with E-state index in [9.17, 15) is 0 Å². The minimum Gasteiger partial charge on any atom is -0.387 e. The van der Waals surface area contributed by atoms with E-state index in [-0.39, 0.29) is 10.8 Å². The van der Waals surface area contributed by atoms with Gasteiger partial charge in [0.1, 0.15) is 11.7 Å². The van der Waals surface area contributed by atoms with Crippen molar-refractivity contribution in [3.63, 3.8) is 0 Å². The number of ether oxygens (including phenoxy) is 2. The van der Waals surface area contributed by atoms with E-state index in [1.54, 1.807) is 0 Å². The Balaban J connectivity index is 0.000000216. The summed E-state index contributed by atoms with van der Waals surface area (Å²) in [6.45, 7) is 20.3. The Morgan fingerprint density at radius 2 is 1.15 bits per heavy atom. The number of hydrogen-bond acceptors (Lipinski definition) is 6. The van der Waals surface area contributed by atoms with Crippen LogP contribution < -0.4 is 16.4 Å². The molecule has 214 valence electrons. The third kappa shape index (κ3) is 9.64. The number of rotatable bonds is 5. The third-order valence-corrected chi connectivity index (χ3v) is 6.74. The second-order valence-electron chi connectivity index (χ2n) is 12.1. The first-order chi connectivity index (χ1) is 18.4. The largest absolute Gasteiger partial charge is 0.387 e. The number of hydrogen-bond donors (Lipinski definition) is 2. The molecular weight excluding hydrogens is 488 g/mol. The zero-order valence-corrected chi connectivity index (χ0v) is 24.7. The van der Waals surface area contributed by atoms with E-state index in [0.29, 0.717) is 11.7 Å². The van der Waals surface area contributed by atoms with Crippen LogP contribution in [0.15, 0.2) is 58.5 Å². The van der Waals surface area contributed by atoms with Gasteiger partial charge in [0.2, 0.25) is 0 Å². The van der Waals surface area contributed by atoms with Gasteiger partial charge in [0.15, 0.2) is 0 Å². The van der Waals surface area contributed by atoms with Crippen LogP contribution in [0.3, 0.4) is 0 Å². The number of anilines is 1. The molecule has 8 nitrogen and oxygen atoms in total. The summed E-state index contributed by atoms with van der Waals surface area (Å²) in [6.07, 6.45) is 0. The average Bonchev–Trinajstić information content (AvgIpc) is 2.90. The quantitative estimate of drug-likeness (QED) is 0.407. The fourth-order valence-electron chi connectivity index (χ4n) is 3.98. The van der Waals surface area contributed by atoms with Crippen LogP contribution in [-0.2, 0) is 16.0 Å². The molecule has 0 unspecified atom stereocenters. The lowest BCUT2D eigenvalue weighted by Gasteiger charge is -2.30. The normalized spacial score (nSPS) is 17.9. The van der Waals surface area contributed by atoms with E-state index in [0.717, 1.165) is 76.2 Å². The molecule has 2 aliphatic heterocycles. The van der Waals surface area contributed by atoms with Gasteiger partial charge in [0.25, 0.3) is 0 Å². The van der Waals surface area contributed by atoms with Gasteiger partial charge in [0.05, 0.1) is 43.5 Å². The number of nitrogens with zero attached hydrogens (tertiary/aromatic N) is 4. The van der Waals surface area contributed by atoms with Crippen molar-refractivity contribution in [3.05, 3.63) is 54.1 Å². The van der Waals surface area contributed by atoms with E-state index in [2.05, 4.69) is 79.5 Å². The molecule has 0 saturated carbocycles. The molecule has 8 heteroatoms. The molecule has 2 aromatic carbocycles. The summed E-state index contributed by atoms with van der Waals surface area (Å²) in [7, 11) is 0. The monoisotopic (exact) mass is 536 g/mol. The molecule has 0 bridgehead atoms. The second-order valence-corrected chi connectivity index (χ2v) is 12.1. The standard InChI is InChI=1S/C16H25N3O.C15H23N3O/c1-16(2,3)15(17)18-14-7-5-4-6-13(14)12-19-8-10-20-11-9-19;1-15(2,3)14(16)17-12-6-4-5-7-13(12)18-8-10-19-11-9-18/h4-7H,8-12H2,1-3H3,(H2,17,18);4-7H,8-11H2,1-3H3,(H2,16,17). The average molecular weight is 537 g/mol. The van der Waals surface area contributed by atoms with Crippen LogP contribution in [0.5, 0.6) is 0 Å². The number of aliphatic imine (C=N–C) groups is 2. The van der Waals surface area contributed by atoms with Gasteiger partial charge in [-0.3, -0.25) is 4.90 Å². The maximum atomic E-state index is 6.10. The van der Waals surface area contributed by atoms with E-state index < -0.39 is 0 Å². The summed E-state index contributed by atoms with van der Waals surface area (Å²) in [5, 5.41) is 0. The number of benzene rings is 2. The van der Waals surface area contributed by atoms with E-state index >= 15 is 0 Å². The summed E-state index contributed by atoms with van der Waals surface area (Å²) in [5.41, 5.74) is 16.3. The van der Waals surface area contributed by atoms with Crippen LogP contribution >= 0.6 is 0 Å². The van der Waals surface area contributed by atoms with E-state index in [1.807, 2.05) is 30.3 Å². The summed E-state index contributed by atoms with van der Waals surface area (Å²) in [4.78, 5) is 13.9. The Morgan fingerprint density at radius 3 is 1.72 bits per heavy atom. The minimum atomic E-state index is -0.113. The molecule has 0 aliphatic carbocycles. The van der Waals surface area contributed by atoms with Crippen molar-refractivity contribution in [2.75, 3.05) is 57.5 Å². The number of nitrogens with two attached hydrogens (primary N) is 2. The Labute approximate surface area is 235 Å². The van der Waals surface area contributed by atoms with Gasteiger partial charge in [-0.15, -0.1) is 0 Å². The van der Waals surface area contributed by atoms with Gasteiger partial charge < -0.3 is 25.8 Å². The van der Waals surface area contributed by atoms with Gasteiger partial charge in [-0.1, -0.05) is 71.9 Å². The first kappa shape index (κ1) is 30.6. The minimum absolute atomic E-state index is 0.105. The summed E-state index contributed by atoms with van der Waals surface area (Å²) in [5.74, 6) is 1.33. The van der Waals surface area contributed by atoms with Crippen molar-refractivity contribution in [3.8, 4) is 0 Å². The first-order valence-corrected chi connectivity index (χ1v) is 13.9. The van der Waals surface area contributed by atoms with Crippen molar-refractivity contribution in [2.24, 2.45) is 32.3 Å². The van der Waals surface area contributed by atoms with Crippen LogP contribution in [0, 0.1) is 10.8 Å². The zero-order chi connectivity index (χ0) is 28.5. The SMILES string of the molecule is CC(C)(C)C(N)=Nc1ccccc1CN1CCOCC1.CC(C)(C)C(N)=Nc1ccccc1N1CCOCC1. The summed E-state index contributed by atoms with van der Waals surface area (Å²) >= 11 is 0. The highest BCUT2D eigenvalue weighted by Gasteiger charge is 2.19. The molecule has 39 heavy (non-hydrogen) atoms. The number of morpholine rings is 2. The highest BCUT2D eigenvalue weighted by atomic mass is 16.5. The lowest BCUT2D eigenvalue weighted by atomic mass is 9.95. The second kappa shape index (κ2) is 13.9. The van der Waals surface area contributed by atoms with Gasteiger partial charge in [0, 0.05) is 43.6 Å². The van der Waals surface area contributed by atoms with Crippen molar-refractivity contribution < 1.29 is 9.47 Å². The van der Waals surface area contributed by atoms with Gasteiger partial charge in [-0.2, -0.15) is 0 Å². The fourth-order valence-corrected chi connectivity index (χ4v) is 3.98. The molecule has 0 aromatic heterocycles. The zero-order valence-electron chi connectivity index (χ0n) is 24.7. The summed E-state index contributed by atoms with van der Waals surface area (Å²) < 4.78 is 10.8. The Kier molecular flexibility index (Phi) is 10.9. The van der Waals surface area contributed by atoms with Crippen LogP contribution in [0.2, 0.25) is 0 Å².